The molecule has 1 fully saturated rings. The average molecular weight is 349 g/mol. The van der Waals surface area contributed by atoms with E-state index < -0.39 is 0 Å². The Balaban J connectivity index is 1.75. The SMILES string of the molecule is CNCC1CCCN(C(=O)CCCc2cc(Cl)sc2Cl)C1. The number of likely N-dealkylation sites (tertiary alicyclic amines) is 1. The topological polar surface area (TPSA) is 32.3 Å². The van der Waals surface area contributed by atoms with Crippen LogP contribution in [0, 0.1) is 5.92 Å². The Morgan fingerprint density at radius 1 is 1.52 bits per heavy atom. The second kappa shape index (κ2) is 8.37. The van der Waals surface area contributed by atoms with Gasteiger partial charge in [0.2, 0.25) is 5.91 Å². The van der Waals surface area contributed by atoms with E-state index in [1.54, 1.807) is 0 Å². The molecule has 0 radical (unpaired) electrons. The van der Waals surface area contributed by atoms with Crippen molar-refractivity contribution >= 4 is 40.4 Å². The Labute approximate surface area is 140 Å². The van der Waals surface area contributed by atoms with Crippen LogP contribution in [0.25, 0.3) is 0 Å². The number of hydrogen-bond donors (Lipinski definition) is 1. The Kier molecular flexibility index (Phi) is 6.80. The summed E-state index contributed by atoms with van der Waals surface area (Å²) in [5.41, 5.74) is 1.06. The van der Waals surface area contributed by atoms with Crippen molar-refractivity contribution in [2.45, 2.75) is 32.1 Å². The molecule has 21 heavy (non-hydrogen) atoms. The second-order valence-corrected chi connectivity index (χ2v) is 7.89. The van der Waals surface area contributed by atoms with Crippen molar-refractivity contribution in [2.24, 2.45) is 5.92 Å². The minimum atomic E-state index is 0.272. The smallest absolute Gasteiger partial charge is 0.222 e. The average Bonchev–Trinajstić information content (AvgIpc) is 2.77. The van der Waals surface area contributed by atoms with Gasteiger partial charge in [-0.25, -0.2) is 0 Å². The minimum absolute atomic E-state index is 0.272. The van der Waals surface area contributed by atoms with Crippen LogP contribution < -0.4 is 5.32 Å². The van der Waals surface area contributed by atoms with Crippen LogP contribution in [0.3, 0.4) is 0 Å². The lowest BCUT2D eigenvalue weighted by atomic mass is 9.97. The first kappa shape index (κ1) is 17.1. The first-order valence-corrected chi connectivity index (χ1v) is 9.03. The van der Waals surface area contributed by atoms with Crippen molar-refractivity contribution in [1.29, 1.82) is 0 Å². The number of carbonyl (C=O) groups excluding carboxylic acids is 1. The van der Waals surface area contributed by atoms with Crippen LogP contribution in [0.2, 0.25) is 8.67 Å². The van der Waals surface area contributed by atoms with E-state index in [9.17, 15) is 4.79 Å². The van der Waals surface area contributed by atoms with E-state index in [0.717, 1.165) is 48.8 Å². The van der Waals surface area contributed by atoms with Crippen molar-refractivity contribution in [3.05, 3.63) is 20.3 Å². The summed E-state index contributed by atoms with van der Waals surface area (Å²) in [6, 6.07) is 1.91. The zero-order chi connectivity index (χ0) is 15.2. The number of thiophene rings is 1. The quantitative estimate of drug-likeness (QED) is 0.846. The molecule has 0 bridgehead atoms. The molecule has 1 aromatic rings. The summed E-state index contributed by atoms with van der Waals surface area (Å²) in [5.74, 6) is 0.867. The summed E-state index contributed by atoms with van der Waals surface area (Å²) in [5, 5.41) is 3.21. The van der Waals surface area contributed by atoms with E-state index in [1.165, 1.54) is 17.8 Å². The fourth-order valence-corrected chi connectivity index (χ4v) is 4.42. The molecule has 1 aliphatic rings. The summed E-state index contributed by atoms with van der Waals surface area (Å²) in [6.45, 7) is 2.79. The van der Waals surface area contributed by atoms with Gasteiger partial charge in [0.25, 0.3) is 0 Å². The summed E-state index contributed by atoms with van der Waals surface area (Å²) >= 11 is 13.4. The molecular formula is C15H22Cl2N2OS. The van der Waals surface area contributed by atoms with E-state index >= 15 is 0 Å². The zero-order valence-electron chi connectivity index (χ0n) is 12.3. The van der Waals surface area contributed by atoms with Gasteiger partial charge in [-0.05, 0) is 56.8 Å². The molecule has 1 unspecified atom stereocenters. The Morgan fingerprint density at radius 2 is 2.33 bits per heavy atom. The lowest BCUT2D eigenvalue weighted by Crippen LogP contribution is -2.42. The Morgan fingerprint density at radius 3 is 3.00 bits per heavy atom. The molecule has 0 aliphatic carbocycles. The van der Waals surface area contributed by atoms with Crippen molar-refractivity contribution in [3.8, 4) is 0 Å². The molecule has 1 N–H and O–H groups in total. The third-order valence-electron chi connectivity index (χ3n) is 3.93. The maximum absolute atomic E-state index is 12.3. The van der Waals surface area contributed by atoms with E-state index in [-0.39, 0.29) is 5.91 Å². The van der Waals surface area contributed by atoms with Gasteiger partial charge in [0.05, 0.1) is 8.67 Å². The summed E-state index contributed by atoms with van der Waals surface area (Å²) < 4.78 is 1.46. The number of halogens is 2. The number of aryl methyl sites for hydroxylation is 1. The van der Waals surface area contributed by atoms with Crippen LogP contribution in [-0.4, -0.2) is 37.5 Å². The summed E-state index contributed by atoms with van der Waals surface area (Å²) in [7, 11) is 1.97. The highest BCUT2D eigenvalue weighted by Gasteiger charge is 2.22. The second-order valence-electron chi connectivity index (χ2n) is 5.61. The third kappa shape index (κ3) is 5.13. The van der Waals surface area contributed by atoms with Gasteiger partial charge in [-0.15, -0.1) is 11.3 Å². The predicted octanol–water partition coefficient (Wildman–Crippen LogP) is 3.84. The van der Waals surface area contributed by atoms with Crippen LogP contribution in [0.15, 0.2) is 6.07 Å². The number of nitrogens with one attached hydrogen (secondary N) is 1. The molecule has 1 saturated heterocycles. The number of rotatable bonds is 6. The number of carbonyl (C=O) groups is 1. The van der Waals surface area contributed by atoms with Gasteiger partial charge < -0.3 is 10.2 Å². The van der Waals surface area contributed by atoms with E-state index in [2.05, 4.69) is 5.32 Å². The monoisotopic (exact) mass is 348 g/mol. The van der Waals surface area contributed by atoms with E-state index in [1.807, 2.05) is 18.0 Å². The first-order chi connectivity index (χ1) is 10.1. The van der Waals surface area contributed by atoms with Crippen molar-refractivity contribution in [2.75, 3.05) is 26.7 Å². The molecule has 2 heterocycles. The molecule has 1 atom stereocenters. The highest BCUT2D eigenvalue weighted by molar-refractivity contribution is 7.20. The predicted molar refractivity (Wildman–Crippen MR) is 90.5 cm³/mol. The van der Waals surface area contributed by atoms with Crippen LogP contribution in [-0.2, 0) is 11.2 Å². The van der Waals surface area contributed by atoms with Crippen LogP contribution in [0.5, 0.6) is 0 Å². The molecule has 0 aromatic carbocycles. The summed E-state index contributed by atoms with van der Waals surface area (Å²) in [6.07, 6.45) is 4.58. The number of amides is 1. The Bertz CT molecular complexity index is 476. The lowest BCUT2D eigenvalue weighted by molar-refractivity contribution is -0.133. The molecular weight excluding hydrogens is 327 g/mol. The molecule has 0 saturated carbocycles. The number of hydrogen-bond acceptors (Lipinski definition) is 3. The number of nitrogens with zero attached hydrogens (tertiary/aromatic N) is 1. The zero-order valence-corrected chi connectivity index (χ0v) is 14.7. The molecule has 2 rings (SSSR count). The third-order valence-corrected chi connectivity index (χ3v) is 5.50. The molecule has 1 aliphatic heterocycles. The van der Waals surface area contributed by atoms with Gasteiger partial charge in [-0.3, -0.25) is 4.79 Å². The highest BCUT2D eigenvalue weighted by Crippen LogP contribution is 2.32. The van der Waals surface area contributed by atoms with Crippen molar-refractivity contribution in [1.82, 2.24) is 10.2 Å². The molecule has 1 amide bonds. The summed E-state index contributed by atoms with van der Waals surface area (Å²) in [4.78, 5) is 14.3. The minimum Gasteiger partial charge on any atom is -0.342 e. The Hall–Kier alpha value is -0.290. The largest absolute Gasteiger partial charge is 0.342 e. The number of piperidine rings is 1. The van der Waals surface area contributed by atoms with E-state index in [4.69, 9.17) is 23.2 Å². The van der Waals surface area contributed by atoms with E-state index in [0.29, 0.717) is 16.7 Å². The van der Waals surface area contributed by atoms with Gasteiger partial charge in [0.15, 0.2) is 0 Å². The van der Waals surface area contributed by atoms with Crippen molar-refractivity contribution in [3.63, 3.8) is 0 Å². The van der Waals surface area contributed by atoms with Crippen LogP contribution >= 0.6 is 34.5 Å². The molecule has 6 heteroatoms. The van der Waals surface area contributed by atoms with Crippen LogP contribution in [0.1, 0.15) is 31.2 Å². The van der Waals surface area contributed by atoms with Crippen LogP contribution in [0.4, 0.5) is 0 Å². The van der Waals surface area contributed by atoms with Gasteiger partial charge >= 0.3 is 0 Å². The highest BCUT2D eigenvalue weighted by atomic mass is 35.5. The maximum atomic E-state index is 12.3. The van der Waals surface area contributed by atoms with Gasteiger partial charge in [-0.2, -0.15) is 0 Å². The van der Waals surface area contributed by atoms with Crippen molar-refractivity contribution < 1.29 is 4.79 Å². The standard InChI is InChI=1S/C15H22Cl2N2OS/c1-18-9-11-4-3-7-19(10-11)14(20)6-2-5-12-8-13(16)21-15(12)17/h8,11,18H,2-7,9-10H2,1H3. The molecule has 0 spiro atoms. The fourth-order valence-electron chi connectivity index (χ4n) is 2.88. The molecule has 3 nitrogen and oxygen atoms in total. The van der Waals surface area contributed by atoms with Gasteiger partial charge in [0.1, 0.15) is 0 Å². The lowest BCUT2D eigenvalue weighted by Gasteiger charge is -2.32. The maximum Gasteiger partial charge on any atom is 0.222 e. The van der Waals surface area contributed by atoms with Gasteiger partial charge in [0, 0.05) is 19.5 Å². The first-order valence-electron chi connectivity index (χ1n) is 7.46. The molecule has 1 aromatic heterocycles. The van der Waals surface area contributed by atoms with Gasteiger partial charge in [-0.1, -0.05) is 23.2 Å². The molecule has 118 valence electrons. The fraction of sp³-hybridized carbons (Fsp3) is 0.667. The normalized spacial score (nSPS) is 19.0.